The molecular formula is C11H22BrNO2. The predicted octanol–water partition coefficient (Wildman–Crippen LogP) is 2.29. The number of carbonyl (C=O) groups is 1. The quantitative estimate of drug-likeness (QED) is 0.699. The van der Waals surface area contributed by atoms with Crippen LogP contribution in [0.3, 0.4) is 0 Å². The molecule has 0 saturated heterocycles. The second kappa shape index (κ2) is 6.48. The number of hydrogen-bond donors (Lipinski definition) is 0. The number of carbonyl (C=O) groups excluding carboxylic acids is 1. The molecule has 0 aromatic rings. The topological polar surface area (TPSA) is 29.5 Å². The summed E-state index contributed by atoms with van der Waals surface area (Å²) in [6.07, 6.45) is 0.855. The van der Waals surface area contributed by atoms with Gasteiger partial charge in [0.2, 0.25) is 5.91 Å². The van der Waals surface area contributed by atoms with Gasteiger partial charge in [-0.25, -0.2) is 0 Å². The van der Waals surface area contributed by atoms with E-state index in [1.54, 1.807) is 12.0 Å². The second-order valence-corrected chi connectivity index (χ2v) is 5.77. The van der Waals surface area contributed by atoms with Gasteiger partial charge in [-0.05, 0) is 6.42 Å². The van der Waals surface area contributed by atoms with Crippen LogP contribution in [0.5, 0.6) is 0 Å². The summed E-state index contributed by atoms with van der Waals surface area (Å²) in [5, 5.41) is 0. The zero-order chi connectivity index (χ0) is 12.1. The van der Waals surface area contributed by atoms with Gasteiger partial charge in [0.1, 0.15) is 0 Å². The third-order valence-corrected chi connectivity index (χ3v) is 3.18. The molecule has 0 heterocycles. The van der Waals surface area contributed by atoms with Gasteiger partial charge in [-0.1, -0.05) is 36.7 Å². The number of hydrogen-bond acceptors (Lipinski definition) is 2. The number of methoxy groups -OCH3 is 1. The molecule has 0 rings (SSSR count). The van der Waals surface area contributed by atoms with Gasteiger partial charge in [-0.15, -0.1) is 0 Å². The van der Waals surface area contributed by atoms with Gasteiger partial charge in [-0.3, -0.25) is 4.79 Å². The third-order valence-electron chi connectivity index (χ3n) is 2.63. The Kier molecular flexibility index (Phi) is 6.44. The fraction of sp³-hybridized carbons (Fsp3) is 0.909. The summed E-state index contributed by atoms with van der Waals surface area (Å²) in [7, 11) is 3.50. The Morgan fingerprint density at radius 1 is 1.53 bits per heavy atom. The predicted molar refractivity (Wildman–Crippen MR) is 66.3 cm³/mol. The summed E-state index contributed by atoms with van der Waals surface area (Å²) in [4.78, 5) is 14.0. The van der Waals surface area contributed by atoms with Crippen molar-refractivity contribution in [3.8, 4) is 0 Å². The maximum Gasteiger partial charge on any atom is 0.227 e. The molecule has 0 aliphatic heterocycles. The molecule has 90 valence electrons. The number of rotatable bonds is 6. The standard InChI is InChI=1S/C11H22BrNO2/c1-6-11(2,3)10(14)13(4)7-9(12)8-15-5/h9H,6-8H2,1-5H3. The van der Waals surface area contributed by atoms with Crippen molar-refractivity contribution in [2.45, 2.75) is 32.0 Å². The van der Waals surface area contributed by atoms with E-state index in [0.717, 1.165) is 6.42 Å². The summed E-state index contributed by atoms with van der Waals surface area (Å²) in [5.74, 6) is 0.186. The lowest BCUT2D eigenvalue weighted by Gasteiger charge is -2.29. The molecule has 0 aromatic carbocycles. The van der Waals surface area contributed by atoms with Crippen LogP contribution in [0.2, 0.25) is 0 Å². The minimum absolute atomic E-state index is 0.186. The molecule has 15 heavy (non-hydrogen) atoms. The van der Waals surface area contributed by atoms with Crippen molar-refractivity contribution in [2.75, 3.05) is 27.3 Å². The number of ether oxygens (including phenoxy) is 1. The Balaban J connectivity index is 4.21. The molecule has 1 amide bonds. The van der Waals surface area contributed by atoms with E-state index < -0.39 is 0 Å². The van der Waals surface area contributed by atoms with Crippen molar-refractivity contribution in [1.29, 1.82) is 0 Å². The van der Waals surface area contributed by atoms with E-state index in [9.17, 15) is 4.79 Å². The van der Waals surface area contributed by atoms with Crippen molar-refractivity contribution in [1.82, 2.24) is 4.90 Å². The number of amides is 1. The van der Waals surface area contributed by atoms with Crippen molar-refractivity contribution in [2.24, 2.45) is 5.41 Å². The first-order valence-electron chi connectivity index (χ1n) is 5.23. The summed E-state index contributed by atoms with van der Waals surface area (Å²) >= 11 is 3.48. The van der Waals surface area contributed by atoms with Crippen LogP contribution in [0.1, 0.15) is 27.2 Å². The Morgan fingerprint density at radius 2 is 2.07 bits per heavy atom. The van der Waals surface area contributed by atoms with Crippen molar-refractivity contribution in [3.05, 3.63) is 0 Å². The van der Waals surface area contributed by atoms with E-state index in [2.05, 4.69) is 15.9 Å². The molecule has 1 atom stereocenters. The van der Waals surface area contributed by atoms with Crippen LogP contribution >= 0.6 is 15.9 Å². The molecule has 0 aliphatic rings. The smallest absolute Gasteiger partial charge is 0.227 e. The van der Waals surface area contributed by atoms with Gasteiger partial charge in [0, 0.05) is 26.1 Å². The van der Waals surface area contributed by atoms with Crippen LogP contribution in [0.15, 0.2) is 0 Å². The summed E-state index contributed by atoms with van der Waals surface area (Å²) < 4.78 is 5.01. The molecule has 1 unspecified atom stereocenters. The monoisotopic (exact) mass is 279 g/mol. The average Bonchev–Trinajstić information content (AvgIpc) is 2.16. The molecule has 3 nitrogen and oxygen atoms in total. The molecular weight excluding hydrogens is 258 g/mol. The normalized spacial score (nSPS) is 13.7. The van der Waals surface area contributed by atoms with E-state index in [1.807, 2.05) is 27.8 Å². The van der Waals surface area contributed by atoms with E-state index >= 15 is 0 Å². The summed E-state index contributed by atoms with van der Waals surface area (Å²) in [6, 6.07) is 0. The van der Waals surface area contributed by atoms with E-state index in [4.69, 9.17) is 4.74 Å². The van der Waals surface area contributed by atoms with Crippen LogP contribution in [0.4, 0.5) is 0 Å². The van der Waals surface area contributed by atoms with Crippen LogP contribution < -0.4 is 0 Å². The molecule has 0 radical (unpaired) electrons. The Hall–Kier alpha value is -0.0900. The Labute approximate surface area is 101 Å². The molecule has 0 bridgehead atoms. The van der Waals surface area contributed by atoms with Crippen LogP contribution in [0, 0.1) is 5.41 Å². The lowest BCUT2D eigenvalue weighted by atomic mass is 9.88. The molecule has 0 fully saturated rings. The molecule has 0 spiro atoms. The van der Waals surface area contributed by atoms with E-state index in [0.29, 0.717) is 13.2 Å². The minimum Gasteiger partial charge on any atom is -0.383 e. The Morgan fingerprint density at radius 3 is 2.47 bits per heavy atom. The Bertz CT molecular complexity index is 207. The van der Waals surface area contributed by atoms with Crippen molar-refractivity contribution < 1.29 is 9.53 Å². The zero-order valence-electron chi connectivity index (χ0n) is 10.3. The van der Waals surface area contributed by atoms with Gasteiger partial charge in [0.05, 0.1) is 11.4 Å². The number of nitrogens with zero attached hydrogens (tertiary/aromatic N) is 1. The number of halogens is 1. The highest BCUT2D eigenvalue weighted by molar-refractivity contribution is 9.09. The molecule has 0 N–H and O–H groups in total. The van der Waals surface area contributed by atoms with Gasteiger partial charge >= 0.3 is 0 Å². The maximum absolute atomic E-state index is 12.0. The van der Waals surface area contributed by atoms with Crippen LogP contribution in [-0.4, -0.2) is 42.9 Å². The van der Waals surface area contributed by atoms with Gasteiger partial charge in [0.25, 0.3) is 0 Å². The largest absolute Gasteiger partial charge is 0.383 e. The fourth-order valence-electron chi connectivity index (χ4n) is 1.28. The van der Waals surface area contributed by atoms with E-state index in [1.165, 1.54) is 0 Å². The molecule has 4 heteroatoms. The van der Waals surface area contributed by atoms with Crippen LogP contribution in [0.25, 0.3) is 0 Å². The highest BCUT2D eigenvalue weighted by atomic mass is 79.9. The highest BCUT2D eigenvalue weighted by Gasteiger charge is 2.28. The fourth-order valence-corrected chi connectivity index (χ4v) is 1.98. The van der Waals surface area contributed by atoms with Crippen molar-refractivity contribution >= 4 is 21.8 Å². The lowest BCUT2D eigenvalue weighted by Crippen LogP contribution is -2.41. The van der Waals surface area contributed by atoms with E-state index in [-0.39, 0.29) is 16.1 Å². The second-order valence-electron chi connectivity index (χ2n) is 4.48. The van der Waals surface area contributed by atoms with Crippen LogP contribution in [-0.2, 0) is 9.53 Å². The lowest BCUT2D eigenvalue weighted by molar-refractivity contribution is -0.139. The summed E-state index contributed by atoms with van der Waals surface area (Å²) in [5.41, 5.74) is -0.269. The van der Waals surface area contributed by atoms with Crippen molar-refractivity contribution in [3.63, 3.8) is 0 Å². The molecule has 0 saturated carbocycles. The SMILES string of the molecule is CCC(C)(C)C(=O)N(C)CC(Br)COC. The van der Waals surface area contributed by atoms with Gasteiger partial charge in [0.15, 0.2) is 0 Å². The first kappa shape index (κ1) is 14.9. The first-order chi connectivity index (χ1) is 6.85. The molecule has 0 aromatic heterocycles. The maximum atomic E-state index is 12.0. The average molecular weight is 280 g/mol. The molecule has 0 aliphatic carbocycles. The third kappa shape index (κ3) is 4.98. The van der Waals surface area contributed by atoms with Gasteiger partial charge < -0.3 is 9.64 Å². The van der Waals surface area contributed by atoms with Gasteiger partial charge in [-0.2, -0.15) is 0 Å². The first-order valence-corrected chi connectivity index (χ1v) is 6.15. The number of alkyl halides is 1. The zero-order valence-corrected chi connectivity index (χ0v) is 11.9. The summed E-state index contributed by atoms with van der Waals surface area (Å²) in [6.45, 7) is 7.28. The highest BCUT2D eigenvalue weighted by Crippen LogP contribution is 2.22. The minimum atomic E-state index is -0.269.